The van der Waals surface area contributed by atoms with E-state index in [4.69, 9.17) is 0 Å². The van der Waals surface area contributed by atoms with Crippen LogP contribution in [-0.2, 0) is 30.2 Å². The van der Waals surface area contributed by atoms with E-state index < -0.39 is 0 Å². The Morgan fingerprint density at radius 1 is 0.792 bits per heavy atom. The minimum absolute atomic E-state index is 0.317. The number of rotatable bonds is 1. The van der Waals surface area contributed by atoms with Crippen molar-refractivity contribution in [1.82, 2.24) is 0 Å². The molecular weight excluding hydrogens is 312 g/mol. The molecule has 0 bridgehead atoms. The SMILES string of the molecule is O=C1c2cc3c(cc2CCC1[S+]1CCCC1)CCc1ccccc1-3. The van der Waals surface area contributed by atoms with Gasteiger partial charge in [0.2, 0.25) is 5.78 Å². The first-order chi connectivity index (χ1) is 11.8. The molecule has 1 atom stereocenters. The van der Waals surface area contributed by atoms with Crippen LogP contribution in [0.1, 0.15) is 46.3 Å². The summed E-state index contributed by atoms with van der Waals surface area (Å²) in [5.74, 6) is 3.03. The van der Waals surface area contributed by atoms with Crippen molar-refractivity contribution in [3.63, 3.8) is 0 Å². The van der Waals surface area contributed by atoms with Crippen molar-refractivity contribution in [3.05, 3.63) is 58.7 Å². The van der Waals surface area contributed by atoms with Gasteiger partial charge in [-0.05, 0) is 76.9 Å². The zero-order valence-corrected chi connectivity index (χ0v) is 14.8. The van der Waals surface area contributed by atoms with E-state index in [1.807, 2.05) is 0 Å². The fourth-order valence-electron chi connectivity index (χ4n) is 4.73. The molecule has 0 radical (unpaired) electrons. The van der Waals surface area contributed by atoms with Crippen molar-refractivity contribution < 1.29 is 4.79 Å². The van der Waals surface area contributed by atoms with Gasteiger partial charge < -0.3 is 0 Å². The Balaban J connectivity index is 1.59. The van der Waals surface area contributed by atoms with Crippen molar-refractivity contribution in [2.45, 2.75) is 43.8 Å². The van der Waals surface area contributed by atoms with Gasteiger partial charge in [0.1, 0.15) is 11.5 Å². The number of aryl methyl sites for hydroxylation is 3. The summed E-state index contributed by atoms with van der Waals surface area (Å²) < 4.78 is 0. The lowest BCUT2D eigenvalue weighted by Gasteiger charge is -2.26. The van der Waals surface area contributed by atoms with Crippen LogP contribution in [0, 0.1) is 0 Å². The fraction of sp³-hybridized carbons (Fsp3) is 0.409. The molecule has 1 nitrogen and oxygen atoms in total. The molecular formula is C22H23OS+. The topological polar surface area (TPSA) is 17.1 Å². The van der Waals surface area contributed by atoms with Crippen LogP contribution in [0.5, 0.6) is 0 Å². The van der Waals surface area contributed by atoms with Crippen molar-refractivity contribution >= 4 is 16.7 Å². The first kappa shape index (κ1) is 14.8. The number of fused-ring (bicyclic) bond motifs is 4. The lowest BCUT2D eigenvalue weighted by molar-refractivity contribution is 0.0978. The molecule has 3 aliphatic rings. The van der Waals surface area contributed by atoms with E-state index in [0.29, 0.717) is 21.9 Å². The van der Waals surface area contributed by atoms with Crippen LogP contribution in [0.4, 0.5) is 0 Å². The highest BCUT2D eigenvalue weighted by atomic mass is 32.2. The Kier molecular flexibility index (Phi) is 3.55. The molecule has 1 heterocycles. The second-order valence-corrected chi connectivity index (χ2v) is 9.83. The van der Waals surface area contributed by atoms with E-state index in [2.05, 4.69) is 36.4 Å². The maximum atomic E-state index is 13.2. The van der Waals surface area contributed by atoms with Crippen LogP contribution >= 0.6 is 0 Å². The molecule has 0 aromatic heterocycles. The molecule has 1 unspecified atom stereocenters. The van der Waals surface area contributed by atoms with Gasteiger partial charge in [0, 0.05) is 12.0 Å². The lowest BCUT2D eigenvalue weighted by atomic mass is 9.80. The van der Waals surface area contributed by atoms with E-state index in [9.17, 15) is 4.79 Å². The summed E-state index contributed by atoms with van der Waals surface area (Å²) in [7, 11) is 0.353. The summed E-state index contributed by atoms with van der Waals surface area (Å²) in [6.07, 6.45) is 7.09. The molecule has 1 aliphatic heterocycles. The molecule has 0 spiro atoms. The van der Waals surface area contributed by atoms with Crippen LogP contribution in [-0.4, -0.2) is 22.5 Å². The summed E-state index contributed by atoms with van der Waals surface area (Å²) in [6, 6.07) is 13.3. The number of ketones is 1. The smallest absolute Gasteiger partial charge is 0.215 e. The Morgan fingerprint density at radius 2 is 1.54 bits per heavy atom. The molecule has 122 valence electrons. The predicted octanol–water partition coefficient (Wildman–Crippen LogP) is 4.36. The quantitative estimate of drug-likeness (QED) is 0.708. The van der Waals surface area contributed by atoms with E-state index >= 15 is 0 Å². The lowest BCUT2D eigenvalue weighted by Crippen LogP contribution is -2.36. The minimum Gasteiger partial charge on any atom is -0.288 e. The van der Waals surface area contributed by atoms with Crippen LogP contribution in [0.15, 0.2) is 36.4 Å². The number of hydrogen-bond donors (Lipinski definition) is 0. The molecule has 1 fully saturated rings. The third-order valence-corrected chi connectivity index (χ3v) is 8.88. The highest BCUT2D eigenvalue weighted by Crippen LogP contribution is 2.38. The van der Waals surface area contributed by atoms with Crippen LogP contribution in [0.25, 0.3) is 11.1 Å². The third kappa shape index (κ3) is 2.27. The molecule has 0 saturated carbocycles. The molecule has 5 rings (SSSR count). The maximum absolute atomic E-state index is 13.2. The maximum Gasteiger partial charge on any atom is 0.215 e. The molecule has 24 heavy (non-hydrogen) atoms. The Bertz CT molecular complexity index is 817. The second-order valence-electron chi connectivity index (χ2n) is 7.37. The Labute approximate surface area is 146 Å². The molecule has 0 amide bonds. The number of carbonyl (C=O) groups excluding carboxylic acids is 1. The van der Waals surface area contributed by atoms with Crippen LogP contribution in [0.3, 0.4) is 0 Å². The zero-order valence-electron chi connectivity index (χ0n) is 14.0. The first-order valence-electron chi connectivity index (χ1n) is 9.26. The van der Waals surface area contributed by atoms with Gasteiger partial charge in [-0.2, -0.15) is 0 Å². The molecule has 2 heteroatoms. The summed E-state index contributed by atoms with van der Waals surface area (Å²) in [5, 5.41) is 0.317. The van der Waals surface area contributed by atoms with Gasteiger partial charge in [0.05, 0.1) is 0 Å². The van der Waals surface area contributed by atoms with E-state index in [-0.39, 0.29) is 0 Å². The summed E-state index contributed by atoms with van der Waals surface area (Å²) >= 11 is 0. The largest absolute Gasteiger partial charge is 0.288 e. The highest BCUT2D eigenvalue weighted by molar-refractivity contribution is 7.98. The van der Waals surface area contributed by atoms with Gasteiger partial charge >= 0.3 is 0 Å². The molecule has 2 aromatic carbocycles. The number of benzene rings is 2. The van der Waals surface area contributed by atoms with Crippen molar-refractivity contribution in [2.24, 2.45) is 0 Å². The Hall–Kier alpha value is -1.54. The summed E-state index contributed by atoms with van der Waals surface area (Å²) in [5.41, 5.74) is 7.90. The van der Waals surface area contributed by atoms with Crippen LogP contribution in [0.2, 0.25) is 0 Å². The number of carbonyl (C=O) groups is 1. The average Bonchev–Trinajstić information content (AvgIpc) is 3.15. The summed E-state index contributed by atoms with van der Waals surface area (Å²) in [6.45, 7) is 0. The van der Waals surface area contributed by atoms with Crippen molar-refractivity contribution in [2.75, 3.05) is 11.5 Å². The van der Waals surface area contributed by atoms with Crippen LogP contribution < -0.4 is 0 Å². The second kappa shape index (κ2) is 5.77. The fourth-order valence-corrected chi connectivity index (χ4v) is 7.53. The van der Waals surface area contributed by atoms with E-state index in [1.165, 1.54) is 52.2 Å². The van der Waals surface area contributed by atoms with E-state index in [0.717, 1.165) is 31.2 Å². The molecule has 0 N–H and O–H groups in total. The monoisotopic (exact) mass is 335 g/mol. The number of hydrogen-bond acceptors (Lipinski definition) is 1. The molecule has 2 aromatic rings. The van der Waals surface area contributed by atoms with Gasteiger partial charge in [-0.15, -0.1) is 0 Å². The Morgan fingerprint density at radius 3 is 2.42 bits per heavy atom. The minimum atomic E-state index is 0.317. The number of Topliss-reactive ketones (excluding diaryl/α,β-unsaturated/α-hetero) is 1. The van der Waals surface area contributed by atoms with Crippen molar-refractivity contribution in [3.8, 4) is 11.1 Å². The predicted molar refractivity (Wildman–Crippen MR) is 102 cm³/mol. The van der Waals surface area contributed by atoms with Gasteiger partial charge in [-0.1, -0.05) is 30.3 Å². The average molecular weight is 335 g/mol. The van der Waals surface area contributed by atoms with Gasteiger partial charge in [0.15, 0.2) is 5.25 Å². The van der Waals surface area contributed by atoms with Crippen molar-refractivity contribution in [1.29, 1.82) is 0 Å². The standard InChI is InChI=1S/C22H23OS/c23-22-20-14-19-16(8-7-15-5-1-2-6-18(15)19)13-17(20)9-10-21(22)24-11-3-4-12-24/h1-2,5-6,13-14,21H,3-4,7-12H2/q+1. The van der Waals surface area contributed by atoms with Gasteiger partial charge in [-0.25, -0.2) is 0 Å². The normalized spacial score (nSPS) is 22.8. The zero-order chi connectivity index (χ0) is 16.1. The summed E-state index contributed by atoms with van der Waals surface area (Å²) in [4.78, 5) is 13.2. The molecule has 1 saturated heterocycles. The van der Waals surface area contributed by atoms with Gasteiger partial charge in [0.25, 0.3) is 0 Å². The highest BCUT2D eigenvalue weighted by Gasteiger charge is 2.42. The third-order valence-electron chi connectivity index (χ3n) is 6.00. The first-order valence-corrected chi connectivity index (χ1v) is 10.9. The van der Waals surface area contributed by atoms with Gasteiger partial charge in [-0.3, -0.25) is 4.79 Å². The van der Waals surface area contributed by atoms with E-state index in [1.54, 1.807) is 0 Å². The molecule has 2 aliphatic carbocycles.